The van der Waals surface area contributed by atoms with Gasteiger partial charge in [-0.1, -0.05) is 18.2 Å². The lowest BCUT2D eigenvalue weighted by atomic mass is 9.97. The summed E-state index contributed by atoms with van der Waals surface area (Å²) in [5.74, 6) is 0. The Morgan fingerprint density at radius 1 is 1.29 bits per heavy atom. The van der Waals surface area contributed by atoms with Gasteiger partial charge in [-0.3, -0.25) is 0 Å². The van der Waals surface area contributed by atoms with Gasteiger partial charge in [-0.05, 0) is 36.0 Å². The van der Waals surface area contributed by atoms with Gasteiger partial charge in [0.05, 0.1) is 19.3 Å². The highest BCUT2D eigenvalue weighted by atomic mass is 16.5. The summed E-state index contributed by atoms with van der Waals surface area (Å²) in [4.78, 5) is 0. The Kier molecular flexibility index (Phi) is 3.14. The number of fused-ring (bicyclic) bond motifs is 1. The summed E-state index contributed by atoms with van der Waals surface area (Å²) in [7, 11) is 0. The van der Waals surface area contributed by atoms with Gasteiger partial charge in [0, 0.05) is 12.6 Å². The molecule has 1 aromatic rings. The second-order valence-electron chi connectivity index (χ2n) is 5.00. The van der Waals surface area contributed by atoms with Crippen molar-refractivity contribution in [2.24, 2.45) is 5.73 Å². The summed E-state index contributed by atoms with van der Waals surface area (Å²) in [6.45, 7) is 2.38. The highest BCUT2D eigenvalue weighted by Gasteiger charge is 2.20. The second-order valence-corrected chi connectivity index (χ2v) is 5.00. The summed E-state index contributed by atoms with van der Waals surface area (Å²) < 4.78 is 11.1. The number of ether oxygens (including phenoxy) is 2. The molecule has 2 atom stereocenters. The molecule has 92 valence electrons. The Labute approximate surface area is 102 Å². The molecule has 0 spiro atoms. The summed E-state index contributed by atoms with van der Waals surface area (Å²) >= 11 is 0. The highest BCUT2D eigenvalue weighted by Crippen LogP contribution is 2.27. The van der Waals surface area contributed by atoms with Crippen LogP contribution in [0.15, 0.2) is 18.2 Å². The SMILES string of the molecule is NC(CC1CCCO1)c1ccc2c(c1)COC2. The lowest BCUT2D eigenvalue weighted by molar-refractivity contribution is 0.0983. The molecule has 2 unspecified atom stereocenters. The molecular weight excluding hydrogens is 214 g/mol. The third-order valence-electron chi connectivity index (χ3n) is 3.71. The monoisotopic (exact) mass is 233 g/mol. The quantitative estimate of drug-likeness (QED) is 0.871. The summed E-state index contributed by atoms with van der Waals surface area (Å²) in [6.07, 6.45) is 3.62. The molecule has 1 aromatic carbocycles. The van der Waals surface area contributed by atoms with Crippen molar-refractivity contribution in [2.75, 3.05) is 6.61 Å². The van der Waals surface area contributed by atoms with E-state index in [4.69, 9.17) is 15.2 Å². The van der Waals surface area contributed by atoms with E-state index >= 15 is 0 Å². The first-order chi connectivity index (χ1) is 8.33. The fourth-order valence-electron chi connectivity index (χ4n) is 2.67. The summed E-state index contributed by atoms with van der Waals surface area (Å²) in [5.41, 5.74) is 10.1. The van der Waals surface area contributed by atoms with Crippen molar-refractivity contribution in [1.29, 1.82) is 0 Å². The van der Waals surface area contributed by atoms with Crippen LogP contribution in [0.5, 0.6) is 0 Å². The number of rotatable bonds is 3. The molecule has 2 N–H and O–H groups in total. The van der Waals surface area contributed by atoms with Crippen molar-refractivity contribution in [1.82, 2.24) is 0 Å². The first kappa shape index (κ1) is 11.2. The lowest BCUT2D eigenvalue weighted by Crippen LogP contribution is -2.18. The van der Waals surface area contributed by atoms with Crippen molar-refractivity contribution in [3.63, 3.8) is 0 Å². The normalized spacial score (nSPS) is 24.9. The van der Waals surface area contributed by atoms with Gasteiger partial charge in [-0.15, -0.1) is 0 Å². The number of nitrogens with two attached hydrogens (primary N) is 1. The molecule has 17 heavy (non-hydrogen) atoms. The third-order valence-corrected chi connectivity index (χ3v) is 3.71. The maximum Gasteiger partial charge on any atom is 0.0725 e. The largest absolute Gasteiger partial charge is 0.378 e. The number of hydrogen-bond acceptors (Lipinski definition) is 3. The van der Waals surface area contributed by atoms with Gasteiger partial charge in [-0.25, -0.2) is 0 Å². The summed E-state index contributed by atoms with van der Waals surface area (Å²) in [6, 6.07) is 6.56. The molecule has 3 nitrogen and oxygen atoms in total. The average Bonchev–Trinajstić information content (AvgIpc) is 2.97. The van der Waals surface area contributed by atoms with Crippen LogP contribution in [0.1, 0.15) is 42.0 Å². The zero-order valence-electron chi connectivity index (χ0n) is 10.0. The zero-order chi connectivity index (χ0) is 11.7. The van der Waals surface area contributed by atoms with Crippen molar-refractivity contribution in [2.45, 2.75) is 44.6 Å². The number of hydrogen-bond donors (Lipinski definition) is 1. The molecule has 0 radical (unpaired) electrons. The van der Waals surface area contributed by atoms with Gasteiger partial charge >= 0.3 is 0 Å². The molecule has 0 bridgehead atoms. The zero-order valence-corrected chi connectivity index (χ0v) is 10.0. The number of benzene rings is 1. The van der Waals surface area contributed by atoms with Crippen LogP contribution in [-0.2, 0) is 22.7 Å². The predicted octanol–water partition coefficient (Wildman–Crippen LogP) is 2.29. The Morgan fingerprint density at radius 3 is 3.00 bits per heavy atom. The first-order valence-electron chi connectivity index (χ1n) is 6.39. The van der Waals surface area contributed by atoms with E-state index in [1.807, 2.05) is 0 Å². The van der Waals surface area contributed by atoms with Gasteiger partial charge in [0.25, 0.3) is 0 Å². The minimum atomic E-state index is 0.0870. The van der Waals surface area contributed by atoms with Crippen LogP contribution < -0.4 is 5.73 Å². The fraction of sp³-hybridized carbons (Fsp3) is 0.571. The average molecular weight is 233 g/mol. The Balaban J connectivity index is 1.70. The maximum absolute atomic E-state index is 6.25. The third kappa shape index (κ3) is 2.37. The highest BCUT2D eigenvalue weighted by molar-refractivity contribution is 5.34. The van der Waals surface area contributed by atoms with Crippen LogP contribution in [-0.4, -0.2) is 12.7 Å². The van der Waals surface area contributed by atoms with Crippen LogP contribution in [0, 0.1) is 0 Å². The van der Waals surface area contributed by atoms with Gasteiger partial charge in [0.15, 0.2) is 0 Å². The molecule has 0 amide bonds. The van der Waals surface area contributed by atoms with Crippen LogP contribution >= 0.6 is 0 Å². The molecular formula is C14H19NO2. The van der Waals surface area contributed by atoms with Crippen LogP contribution in [0.2, 0.25) is 0 Å². The minimum Gasteiger partial charge on any atom is -0.378 e. The van der Waals surface area contributed by atoms with E-state index in [9.17, 15) is 0 Å². The Morgan fingerprint density at radius 2 is 2.18 bits per heavy atom. The van der Waals surface area contributed by atoms with Gasteiger partial charge in [0.1, 0.15) is 0 Å². The van der Waals surface area contributed by atoms with E-state index in [0.29, 0.717) is 6.10 Å². The molecule has 1 fully saturated rings. The van der Waals surface area contributed by atoms with Crippen LogP contribution in [0.25, 0.3) is 0 Å². The van der Waals surface area contributed by atoms with Crippen LogP contribution in [0.4, 0.5) is 0 Å². The predicted molar refractivity (Wildman–Crippen MR) is 65.5 cm³/mol. The van der Waals surface area contributed by atoms with Gasteiger partial charge < -0.3 is 15.2 Å². The van der Waals surface area contributed by atoms with E-state index in [1.165, 1.54) is 23.1 Å². The molecule has 0 aliphatic carbocycles. The van der Waals surface area contributed by atoms with E-state index < -0.39 is 0 Å². The Hall–Kier alpha value is -0.900. The van der Waals surface area contributed by atoms with E-state index in [1.54, 1.807) is 0 Å². The molecule has 3 heteroatoms. The van der Waals surface area contributed by atoms with Crippen molar-refractivity contribution in [3.8, 4) is 0 Å². The van der Waals surface area contributed by atoms with E-state index in [2.05, 4.69) is 18.2 Å². The van der Waals surface area contributed by atoms with E-state index in [0.717, 1.165) is 32.7 Å². The van der Waals surface area contributed by atoms with Crippen LogP contribution in [0.3, 0.4) is 0 Å². The molecule has 2 heterocycles. The standard InChI is InChI=1S/C14H19NO2/c15-14(7-13-2-1-5-17-13)10-3-4-11-8-16-9-12(11)6-10/h3-4,6,13-14H,1-2,5,7-9,15H2. The smallest absolute Gasteiger partial charge is 0.0725 e. The molecule has 2 aliphatic rings. The molecule has 3 rings (SSSR count). The lowest BCUT2D eigenvalue weighted by Gasteiger charge is -2.17. The van der Waals surface area contributed by atoms with Gasteiger partial charge in [-0.2, -0.15) is 0 Å². The molecule has 1 saturated heterocycles. The molecule has 2 aliphatic heterocycles. The van der Waals surface area contributed by atoms with Crippen molar-refractivity contribution in [3.05, 3.63) is 34.9 Å². The van der Waals surface area contributed by atoms with E-state index in [-0.39, 0.29) is 6.04 Å². The molecule has 0 aromatic heterocycles. The Bertz CT molecular complexity index is 399. The van der Waals surface area contributed by atoms with Crippen molar-refractivity contribution < 1.29 is 9.47 Å². The summed E-state index contributed by atoms with van der Waals surface area (Å²) in [5, 5.41) is 0. The topological polar surface area (TPSA) is 44.5 Å². The minimum absolute atomic E-state index is 0.0870. The maximum atomic E-state index is 6.25. The van der Waals surface area contributed by atoms with Gasteiger partial charge in [0.2, 0.25) is 0 Å². The second kappa shape index (κ2) is 4.77. The first-order valence-corrected chi connectivity index (χ1v) is 6.39. The molecule has 0 saturated carbocycles. The fourth-order valence-corrected chi connectivity index (χ4v) is 2.67. The van der Waals surface area contributed by atoms with Crippen molar-refractivity contribution >= 4 is 0 Å².